The number of aromatic nitrogens is 3. The lowest BCUT2D eigenvalue weighted by Gasteiger charge is -2.19. The standard InChI is InChI=1S/C21H28N4O3/c1-6-16-10-9-15(12-22-16)13(2)19(26)23-18-11-17(14-7-8-14)25(24-18)20(27)28-21(3,4)5/h9-14H,6-8H2,1-5H3,(H,23,24,26). The van der Waals surface area contributed by atoms with Gasteiger partial charge in [-0.15, -0.1) is 5.10 Å². The summed E-state index contributed by atoms with van der Waals surface area (Å²) in [5.74, 6) is 0.0771. The molecule has 7 heteroatoms. The van der Waals surface area contributed by atoms with Crippen LogP contribution >= 0.6 is 0 Å². The third-order valence-electron chi connectivity index (χ3n) is 4.65. The molecule has 1 amide bonds. The van der Waals surface area contributed by atoms with Crippen LogP contribution in [0.5, 0.6) is 0 Å². The van der Waals surface area contributed by atoms with Crippen LogP contribution in [0.1, 0.15) is 76.2 Å². The molecule has 1 unspecified atom stereocenters. The molecule has 0 aromatic carbocycles. The molecule has 0 radical (unpaired) electrons. The normalized spacial score (nSPS) is 15.2. The molecule has 1 aliphatic carbocycles. The summed E-state index contributed by atoms with van der Waals surface area (Å²) in [5.41, 5.74) is 2.00. The molecular weight excluding hydrogens is 356 g/mol. The Morgan fingerprint density at radius 2 is 2.04 bits per heavy atom. The molecule has 2 heterocycles. The Morgan fingerprint density at radius 3 is 2.57 bits per heavy atom. The van der Waals surface area contributed by atoms with E-state index in [2.05, 4.69) is 15.4 Å². The average molecular weight is 384 g/mol. The topological polar surface area (TPSA) is 86.1 Å². The predicted molar refractivity (Wildman–Crippen MR) is 106 cm³/mol. The Labute approximate surface area is 165 Å². The third kappa shape index (κ3) is 4.77. The fourth-order valence-electron chi connectivity index (χ4n) is 2.86. The minimum Gasteiger partial charge on any atom is -0.442 e. The van der Waals surface area contributed by atoms with Gasteiger partial charge >= 0.3 is 6.09 Å². The van der Waals surface area contributed by atoms with Crippen molar-refractivity contribution >= 4 is 17.8 Å². The number of hydrogen-bond donors (Lipinski definition) is 1. The summed E-state index contributed by atoms with van der Waals surface area (Å²) in [5, 5.41) is 7.12. The van der Waals surface area contributed by atoms with Crippen molar-refractivity contribution in [3.8, 4) is 0 Å². The number of hydrogen-bond acceptors (Lipinski definition) is 5. The zero-order valence-electron chi connectivity index (χ0n) is 17.2. The van der Waals surface area contributed by atoms with Gasteiger partial charge in [0.2, 0.25) is 5.91 Å². The van der Waals surface area contributed by atoms with Crippen molar-refractivity contribution in [3.05, 3.63) is 41.3 Å². The monoisotopic (exact) mass is 384 g/mol. The van der Waals surface area contributed by atoms with E-state index in [0.717, 1.165) is 36.2 Å². The van der Waals surface area contributed by atoms with Crippen molar-refractivity contribution in [2.24, 2.45) is 0 Å². The Balaban J connectivity index is 1.75. The fraction of sp³-hybridized carbons (Fsp3) is 0.524. The fourth-order valence-corrected chi connectivity index (χ4v) is 2.86. The highest BCUT2D eigenvalue weighted by atomic mass is 16.6. The predicted octanol–water partition coefficient (Wildman–Crippen LogP) is 4.24. The quantitative estimate of drug-likeness (QED) is 0.833. The number of carbonyl (C=O) groups is 2. The molecule has 3 rings (SSSR count). The molecule has 7 nitrogen and oxygen atoms in total. The van der Waals surface area contributed by atoms with Gasteiger partial charge in [-0.2, -0.15) is 4.68 Å². The largest absolute Gasteiger partial charge is 0.442 e. The molecular formula is C21H28N4O3. The lowest BCUT2D eigenvalue weighted by atomic mass is 10.0. The number of anilines is 1. The van der Waals surface area contributed by atoms with Crippen molar-refractivity contribution in [1.82, 2.24) is 14.8 Å². The summed E-state index contributed by atoms with van der Waals surface area (Å²) >= 11 is 0. The van der Waals surface area contributed by atoms with Gasteiger partial charge in [-0.3, -0.25) is 9.78 Å². The van der Waals surface area contributed by atoms with E-state index in [4.69, 9.17) is 4.74 Å². The first-order chi connectivity index (χ1) is 13.2. The Bertz CT molecular complexity index is 861. The first kappa shape index (κ1) is 20.0. The van der Waals surface area contributed by atoms with Crippen molar-refractivity contribution in [3.63, 3.8) is 0 Å². The summed E-state index contributed by atoms with van der Waals surface area (Å²) < 4.78 is 6.72. The van der Waals surface area contributed by atoms with Gasteiger partial charge in [-0.25, -0.2) is 4.79 Å². The maximum absolute atomic E-state index is 12.7. The summed E-state index contributed by atoms with van der Waals surface area (Å²) in [6.45, 7) is 9.30. The molecule has 2 aromatic heterocycles. The minimum absolute atomic E-state index is 0.192. The van der Waals surface area contributed by atoms with Crippen LogP contribution in [0.25, 0.3) is 0 Å². The summed E-state index contributed by atoms with van der Waals surface area (Å²) in [6.07, 6.45) is 4.08. The van der Waals surface area contributed by atoms with E-state index in [1.165, 1.54) is 4.68 Å². The highest BCUT2D eigenvalue weighted by Gasteiger charge is 2.32. The zero-order chi connectivity index (χ0) is 20.5. The molecule has 0 spiro atoms. The lowest BCUT2D eigenvalue weighted by Crippen LogP contribution is -2.28. The molecule has 150 valence electrons. The lowest BCUT2D eigenvalue weighted by molar-refractivity contribution is -0.117. The van der Waals surface area contributed by atoms with Crippen LogP contribution in [0.4, 0.5) is 10.6 Å². The van der Waals surface area contributed by atoms with Crippen LogP contribution < -0.4 is 5.32 Å². The van der Waals surface area contributed by atoms with Crippen LogP contribution in [0.3, 0.4) is 0 Å². The zero-order valence-corrected chi connectivity index (χ0v) is 17.2. The molecule has 28 heavy (non-hydrogen) atoms. The van der Waals surface area contributed by atoms with Gasteiger partial charge in [0.05, 0.1) is 11.6 Å². The second-order valence-electron chi connectivity index (χ2n) is 8.27. The summed E-state index contributed by atoms with van der Waals surface area (Å²) in [6, 6.07) is 5.62. The van der Waals surface area contributed by atoms with Gasteiger partial charge in [0.25, 0.3) is 0 Å². The molecule has 2 aromatic rings. The molecule has 0 aliphatic heterocycles. The Kier molecular flexibility index (Phi) is 5.54. The van der Waals surface area contributed by atoms with Crippen LogP contribution in [0.2, 0.25) is 0 Å². The molecule has 0 saturated heterocycles. The molecule has 1 N–H and O–H groups in total. The minimum atomic E-state index is -0.612. The van der Waals surface area contributed by atoms with E-state index in [0.29, 0.717) is 5.82 Å². The van der Waals surface area contributed by atoms with Gasteiger partial charge in [0, 0.05) is 23.9 Å². The average Bonchev–Trinajstić information content (AvgIpc) is 3.40. The second-order valence-corrected chi connectivity index (χ2v) is 8.27. The van der Waals surface area contributed by atoms with Gasteiger partial charge in [-0.05, 0) is 58.6 Å². The highest BCUT2D eigenvalue weighted by Crippen LogP contribution is 2.41. The van der Waals surface area contributed by atoms with Crippen molar-refractivity contribution in [2.45, 2.75) is 71.3 Å². The van der Waals surface area contributed by atoms with Crippen LogP contribution in [0.15, 0.2) is 24.4 Å². The summed E-state index contributed by atoms with van der Waals surface area (Å²) in [7, 11) is 0. The number of pyridine rings is 1. The van der Waals surface area contributed by atoms with E-state index in [9.17, 15) is 9.59 Å². The number of carbonyl (C=O) groups excluding carboxylic acids is 2. The maximum Gasteiger partial charge on any atom is 0.435 e. The van der Waals surface area contributed by atoms with Crippen LogP contribution in [0, 0.1) is 0 Å². The van der Waals surface area contributed by atoms with Crippen molar-refractivity contribution < 1.29 is 14.3 Å². The van der Waals surface area contributed by atoms with E-state index in [1.807, 2.05) is 46.8 Å². The Hall–Kier alpha value is -2.70. The molecule has 0 bridgehead atoms. The van der Waals surface area contributed by atoms with Crippen LogP contribution in [-0.4, -0.2) is 32.4 Å². The number of nitrogens with one attached hydrogen (secondary N) is 1. The molecule has 1 saturated carbocycles. The van der Waals surface area contributed by atoms with E-state index < -0.39 is 11.7 Å². The SMILES string of the molecule is CCc1ccc(C(C)C(=O)Nc2cc(C3CC3)n(C(=O)OC(C)(C)C)n2)cn1. The second kappa shape index (κ2) is 7.73. The van der Waals surface area contributed by atoms with Crippen molar-refractivity contribution in [1.29, 1.82) is 0 Å². The van der Waals surface area contributed by atoms with E-state index >= 15 is 0 Å². The smallest absolute Gasteiger partial charge is 0.435 e. The molecule has 1 aliphatic rings. The number of amides is 1. The third-order valence-corrected chi connectivity index (χ3v) is 4.65. The first-order valence-electron chi connectivity index (χ1n) is 9.77. The number of rotatable bonds is 5. The van der Waals surface area contributed by atoms with Crippen LogP contribution in [-0.2, 0) is 16.0 Å². The summed E-state index contributed by atoms with van der Waals surface area (Å²) in [4.78, 5) is 29.5. The van der Waals surface area contributed by atoms with Gasteiger partial charge in [0.1, 0.15) is 5.60 Å². The molecule has 1 atom stereocenters. The molecule has 1 fully saturated rings. The number of aryl methyl sites for hydroxylation is 1. The first-order valence-corrected chi connectivity index (χ1v) is 9.77. The number of ether oxygens (including phenoxy) is 1. The van der Waals surface area contributed by atoms with Gasteiger partial charge in [-0.1, -0.05) is 13.0 Å². The highest BCUT2D eigenvalue weighted by molar-refractivity contribution is 5.95. The van der Waals surface area contributed by atoms with Crippen molar-refractivity contribution in [2.75, 3.05) is 5.32 Å². The van der Waals surface area contributed by atoms with E-state index in [-0.39, 0.29) is 17.7 Å². The van der Waals surface area contributed by atoms with E-state index in [1.54, 1.807) is 12.3 Å². The number of nitrogens with zero attached hydrogens (tertiary/aromatic N) is 3. The van der Waals surface area contributed by atoms with Gasteiger partial charge < -0.3 is 10.1 Å². The Morgan fingerprint density at radius 1 is 1.32 bits per heavy atom. The van der Waals surface area contributed by atoms with Gasteiger partial charge in [0.15, 0.2) is 5.82 Å². The maximum atomic E-state index is 12.7.